The van der Waals surface area contributed by atoms with E-state index in [1.165, 1.54) is 13.2 Å². The summed E-state index contributed by atoms with van der Waals surface area (Å²) in [5.74, 6) is -1.15. The van der Waals surface area contributed by atoms with Gasteiger partial charge in [0.05, 0.1) is 19.1 Å². The van der Waals surface area contributed by atoms with Crippen LogP contribution in [0.15, 0.2) is 24.3 Å². The van der Waals surface area contributed by atoms with Gasteiger partial charge < -0.3 is 14.8 Å². The molecule has 3 rings (SSSR count). The van der Waals surface area contributed by atoms with Crippen molar-refractivity contribution in [2.24, 2.45) is 5.92 Å². The normalized spacial score (nSPS) is 34.7. The Hall–Kier alpha value is -1.46. The minimum Gasteiger partial charge on any atom is -0.469 e. The largest absolute Gasteiger partial charge is 0.469 e. The lowest BCUT2D eigenvalue weighted by molar-refractivity contribution is -0.149. The molecule has 2 aliphatic heterocycles. The van der Waals surface area contributed by atoms with Crippen LogP contribution in [0.3, 0.4) is 0 Å². The molecule has 2 aliphatic rings. The average Bonchev–Trinajstić information content (AvgIpc) is 2.83. The van der Waals surface area contributed by atoms with Gasteiger partial charge in [0.15, 0.2) is 0 Å². The Morgan fingerprint density at radius 1 is 1.29 bits per heavy atom. The predicted molar refractivity (Wildman–Crippen MR) is 75.4 cm³/mol. The number of ether oxygens (including phenoxy) is 2. The third-order valence-electron chi connectivity index (χ3n) is 4.79. The Bertz CT molecular complexity index is 536. The molecule has 1 N–H and O–H groups in total. The van der Waals surface area contributed by atoms with Crippen molar-refractivity contribution in [3.8, 4) is 0 Å². The molecule has 0 radical (unpaired) electrons. The number of piperidine rings is 1. The molecule has 1 aromatic carbocycles. The Morgan fingerprint density at radius 3 is 2.71 bits per heavy atom. The molecule has 2 bridgehead atoms. The lowest BCUT2D eigenvalue weighted by Crippen LogP contribution is -2.51. The number of nitrogens with one attached hydrogen (secondary N) is 1. The first-order valence-corrected chi connectivity index (χ1v) is 7.26. The van der Waals surface area contributed by atoms with Crippen molar-refractivity contribution < 1.29 is 18.7 Å². The summed E-state index contributed by atoms with van der Waals surface area (Å²) in [7, 11) is 3.03. The van der Waals surface area contributed by atoms with Crippen LogP contribution in [0.5, 0.6) is 0 Å². The van der Waals surface area contributed by atoms with E-state index in [-0.39, 0.29) is 35.9 Å². The zero-order valence-corrected chi connectivity index (χ0v) is 12.2. The Kier molecular flexibility index (Phi) is 3.95. The first-order valence-electron chi connectivity index (χ1n) is 7.26. The second-order valence-electron chi connectivity index (χ2n) is 5.81. The van der Waals surface area contributed by atoms with Crippen LogP contribution in [0.1, 0.15) is 24.3 Å². The van der Waals surface area contributed by atoms with Gasteiger partial charge in [0.2, 0.25) is 0 Å². The van der Waals surface area contributed by atoms with E-state index in [0.29, 0.717) is 5.56 Å². The number of benzene rings is 1. The highest BCUT2D eigenvalue weighted by Gasteiger charge is 2.51. The summed E-state index contributed by atoms with van der Waals surface area (Å²) in [4.78, 5) is 12.3. The minimum atomic E-state index is -0.421. The molecule has 21 heavy (non-hydrogen) atoms. The Labute approximate surface area is 123 Å². The fraction of sp³-hybridized carbons (Fsp3) is 0.562. The zero-order valence-electron chi connectivity index (χ0n) is 12.2. The third-order valence-corrected chi connectivity index (χ3v) is 4.79. The van der Waals surface area contributed by atoms with Crippen LogP contribution in [0.25, 0.3) is 0 Å². The molecule has 2 saturated heterocycles. The van der Waals surface area contributed by atoms with Crippen LogP contribution in [-0.2, 0) is 14.3 Å². The van der Waals surface area contributed by atoms with Crippen molar-refractivity contribution in [1.29, 1.82) is 0 Å². The zero-order chi connectivity index (χ0) is 15.0. The molecule has 114 valence electrons. The van der Waals surface area contributed by atoms with Crippen LogP contribution in [0, 0.1) is 11.7 Å². The number of fused-ring (bicyclic) bond motifs is 2. The standard InChI is InChI=1S/C16H20FNO3/c1-20-13-8-9-7-11(10-5-3-4-6-12(10)17)14(15(13)18-9)16(19)21-2/h3-6,9,11,13-15,18H,7-8H2,1-2H3. The number of halogens is 1. The molecule has 2 heterocycles. The first kappa shape index (κ1) is 14.5. The highest BCUT2D eigenvalue weighted by molar-refractivity contribution is 5.75. The summed E-state index contributed by atoms with van der Waals surface area (Å²) >= 11 is 0. The summed E-state index contributed by atoms with van der Waals surface area (Å²) in [6.45, 7) is 0. The summed E-state index contributed by atoms with van der Waals surface area (Å²) in [5, 5.41) is 3.43. The maximum Gasteiger partial charge on any atom is 0.310 e. The molecule has 0 spiro atoms. The second kappa shape index (κ2) is 5.73. The van der Waals surface area contributed by atoms with E-state index in [1.54, 1.807) is 19.2 Å². The Morgan fingerprint density at radius 2 is 2.05 bits per heavy atom. The van der Waals surface area contributed by atoms with Crippen LogP contribution >= 0.6 is 0 Å². The summed E-state index contributed by atoms with van der Waals surface area (Å²) in [5.41, 5.74) is 0.598. The number of methoxy groups -OCH3 is 2. The summed E-state index contributed by atoms with van der Waals surface area (Å²) in [6, 6.07) is 6.82. The van der Waals surface area contributed by atoms with Crippen molar-refractivity contribution in [2.75, 3.05) is 14.2 Å². The van der Waals surface area contributed by atoms with E-state index in [4.69, 9.17) is 9.47 Å². The molecule has 5 heteroatoms. The van der Waals surface area contributed by atoms with Gasteiger partial charge >= 0.3 is 5.97 Å². The van der Waals surface area contributed by atoms with E-state index in [9.17, 15) is 9.18 Å². The summed E-state index contributed by atoms with van der Waals surface area (Å²) in [6.07, 6.45) is 1.53. The van der Waals surface area contributed by atoms with Gasteiger partial charge in [-0.25, -0.2) is 4.39 Å². The van der Waals surface area contributed by atoms with Gasteiger partial charge in [0.1, 0.15) is 5.82 Å². The van der Waals surface area contributed by atoms with Crippen molar-refractivity contribution in [3.05, 3.63) is 35.6 Å². The number of carbonyl (C=O) groups is 1. The highest BCUT2D eigenvalue weighted by Crippen LogP contribution is 2.43. The first-order chi connectivity index (χ1) is 10.2. The van der Waals surface area contributed by atoms with Crippen molar-refractivity contribution in [3.63, 3.8) is 0 Å². The molecular formula is C16H20FNO3. The molecule has 0 aliphatic carbocycles. The molecule has 5 unspecified atom stereocenters. The van der Waals surface area contributed by atoms with E-state index < -0.39 is 5.92 Å². The Balaban J connectivity index is 1.99. The molecule has 2 fully saturated rings. The van der Waals surface area contributed by atoms with Crippen LogP contribution in [-0.4, -0.2) is 38.4 Å². The quantitative estimate of drug-likeness (QED) is 0.864. The fourth-order valence-electron chi connectivity index (χ4n) is 3.86. The maximum absolute atomic E-state index is 14.2. The second-order valence-corrected chi connectivity index (χ2v) is 5.81. The van der Waals surface area contributed by atoms with Crippen LogP contribution < -0.4 is 5.32 Å². The molecule has 0 aromatic heterocycles. The van der Waals surface area contributed by atoms with Gasteiger partial charge in [-0.05, 0) is 24.5 Å². The van der Waals surface area contributed by atoms with Crippen molar-refractivity contribution >= 4 is 5.97 Å². The minimum absolute atomic E-state index is 0.0316. The maximum atomic E-state index is 14.2. The number of hydrogen-bond donors (Lipinski definition) is 1. The van der Waals surface area contributed by atoms with E-state index in [0.717, 1.165) is 12.8 Å². The number of esters is 1. The smallest absolute Gasteiger partial charge is 0.310 e. The monoisotopic (exact) mass is 293 g/mol. The van der Waals surface area contributed by atoms with Gasteiger partial charge in [-0.3, -0.25) is 4.79 Å². The predicted octanol–water partition coefficient (Wildman–Crippen LogP) is 1.85. The molecule has 4 nitrogen and oxygen atoms in total. The third kappa shape index (κ3) is 2.45. The number of hydrogen-bond acceptors (Lipinski definition) is 4. The van der Waals surface area contributed by atoms with Gasteiger partial charge in [-0.15, -0.1) is 0 Å². The van der Waals surface area contributed by atoms with E-state index in [1.807, 2.05) is 6.07 Å². The molecule has 0 amide bonds. The van der Waals surface area contributed by atoms with Crippen molar-refractivity contribution in [1.82, 2.24) is 5.32 Å². The lowest BCUT2D eigenvalue weighted by atomic mass is 9.76. The summed E-state index contributed by atoms with van der Waals surface area (Å²) < 4.78 is 24.6. The fourth-order valence-corrected chi connectivity index (χ4v) is 3.86. The highest BCUT2D eigenvalue weighted by atomic mass is 19.1. The van der Waals surface area contributed by atoms with E-state index >= 15 is 0 Å². The van der Waals surface area contributed by atoms with Gasteiger partial charge in [0, 0.05) is 25.1 Å². The van der Waals surface area contributed by atoms with Crippen LogP contribution in [0.2, 0.25) is 0 Å². The molecule has 5 atom stereocenters. The van der Waals surface area contributed by atoms with Gasteiger partial charge in [-0.2, -0.15) is 0 Å². The number of carbonyl (C=O) groups excluding carboxylic acids is 1. The van der Waals surface area contributed by atoms with E-state index in [2.05, 4.69) is 5.32 Å². The SMILES string of the molecule is COC(=O)C1C(c2ccccc2F)CC2CC(OC)C1N2. The molecule has 0 saturated carbocycles. The average molecular weight is 293 g/mol. The van der Waals surface area contributed by atoms with Crippen LogP contribution in [0.4, 0.5) is 4.39 Å². The van der Waals surface area contributed by atoms with Gasteiger partial charge in [-0.1, -0.05) is 18.2 Å². The van der Waals surface area contributed by atoms with Crippen molar-refractivity contribution in [2.45, 2.75) is 36.9 Å². The molecular weight excluding hydrogens is 273 g/mol. The van der Waals surface area contributed by atoms with Gasteiger partial charge in [0.25, 0.3) is 0 Å². The molecule has 1 aromatic rings. The number of rotatable bonds is 3. The topological polar surface area (TPSA) is 47.6 Å². The lowest BCUT2D eigenvalue weighted by Gasteiger charge is -2.37.